The lowest BCUT2D eigenvalue weighted by Crippen LogP contribution is -2.24. The van der Waals surface area contributed by atoms with E-state index in [9.17, 15) is 13.2 Å². The number of aryl methyl sites for hydroxylation is 3. The Morgan fingerprint density at radius 1 is 0.972 bits per heavy atom. The number of fused-ring (bicyclic) bond motifs is 1. The van der Waals surface area contributed by atoms with Gasteiger partial charge in [0.15, 0.2) is 10.9 Å². The smallest absolute Gasteiger partial charge is 0.406 e. The SMILES string of the molecule is Cc1cccc(C)c1NC(=S)NN=Cc1ccc(ON=C2CCc3cc(OC(F)(F)F)ccc32)cc1. The van der Waals surface area contributed by atoms with E-state index in [2.05, 4.69) is 25.7 Å². The van der Waals surface area contributed by atoms with E-state index in [0.29, 0.717) is 29.4 Å². The number of nitrogens with one attached hydrogen (secondary N) is 2. The van der Waals surface area contributed by atoms with Crippen LogP contribution in [0.25, 0.3) is 0 Å². The van der Waals surface area contributed by atoms with Gasteiger partial charge in [0, 0.05) is 11.3 Å². The predicted octanol–water partition coefficient (Wildman–Crippen LogP) is 6.25. The van der Waals surface area contributed by atoms with Gasteiger partial charge in [-0.05, 0) is 104 Å². The number of halogens is 3. The summed E-state index contributed by atoms with van der Waals surface area (Å²) < 4.78 is 41.3. The lowest BCUT2D eigenvalue weighted by molar-refractivity contribution is -0.274. The molecular formula is C26H23F3N4O2S. The fourth-order valence-corrected chi connectivity index (χ4v) is 3.93. The first-order chi connectivity index (χ1) is 17.2. The minimum absolute atomic E-state index is 0.239. The first-order valence-electron chi connectivity index (χ1n) is 11.1. The topological polar surface area (TPSA) is 67.2 Å². The van der Waals surface area contributed by atoms with Gasteiger partial charge in [-0.25, -0.2) is 0 Å². The van der Waals surface area contributed by atoms with Crippen LogP contribution in [0.2, 0.25) is 0 Å². The highest BCUT2D eigenvalue weighted by molar-refractivity contribution is 7.80. The van der Waals surface area contributed by atoms with Crippen LogP contribution in [0.1, 0.15) is 34.2 Å². The first-order valence-corrected chi connectivity index (χ1v) is 11.5. The summed E-state index contributed by atoms with van der Waals surface area (Å²) in [4.78, 5) is 5.53. The average molecular weight is 513 g/mol. The number of hydrogen-bond acceptors (Lipinski definition) is 5. The molecule has 0 aromatic heterocycles. The van der Waals surface area contributed by atoms with Crippen LogP contribution in [0.3, 0.4) is 0 Å². The number of benzene rings is 3. The van der Waals surface area contributed by atoms with Crippen molar-refractivity contribution in [3.63, 3.8) is 0 Å². The largest absolute Gasteiger partial charge is 0.573 e. The molecule has 0 spiro atoms. The average Bonchev–Trinajstić information content (AvgIpc) is 3.22. The van der Waals surface area contributed by atoms with Gasteiger partial charge in [0.1, 0.15) is 5.75 Å². The molecule has 1 aliphatic rings. The minimum Gasteiger partial charge on any atom is -0.406 e. The highest BCUT2D eigenvalue weighted by Crippen LogP contribution is 2.30. The van der Waals surface area contributed by atoms with Crippen LogP contribution in [0.5, 0.6) is 11.5 Å². The molecule has 6 nitrogen and oxygen atoms in total. The Labute approximate surface area is 211 Å². The molecule has 0 heterocycles. The van der Waals surface area contributed by atoms with E-state index < -0.39 is 6.36 Å². The number of oxime groups is 1. The highest BCUT2D eigenvalue weighted by atomic mass is 32.1. The third-order valence-corrected chi connectivity index (χ3v) is 5.69. The lowest BCUT2D eigenvalue weighted by atomic mass is 10.1. The second-order valence-electron chi connectivity index (χ2n) is 8.16. The van der Waals surface area contributed by atoms with Crippen molar-refractivity contribution >= 4 is 34.9 Å². The Hall–Kier alpha value is -3.92. The van der Waals surface area contributed by atoms with Crippen LogP contribution in [0.4, 0.5) is 18.9 Å². The van der Waals surface area contributed by atoms with Crippen LogP contribution in [0.15, 0.2) is 70.9 Å². The van der Waals surface area contributed by atoms with Gasteiger partial charge >= 0.3 is 6.36 Å². The van der Waals surface area contributed by atoms with E-state index in [4.69, 9.17) is 17.1 Å². The zero-order valence-electron chi connectivity index (χ0n) is 19.5. The molecule has 3 aromatic carbocycles. The summed E-state index contributed by atoms with van der Waals surface area (Å²) in [6.07, 6.45) is -1.96. The number of nitrogens with zero attached hydrogens (tertiary/aromatic N) is 2. The molecule has 0 unspecified atom stereocenters. The molecular weight excluding hydrogens is 489 g/mol. The Morgan fingerprint density at radius 3 is 2.36 bits per heavy atom. The molecule has 186 valence electrons. The first kappa shape index (κ1) is 25.2. The summed E-state index contributed by atoms with van der Waals surface area (Å²) in [6, 6.07) is 17.3. The van der Waals surface area contributed by atoms with Crippen molar-refractivity contribution in [3.8, 4) is 11.5 Å². The molecule has 36 heavy (non-hydrogen) atoms. The van der Waals surface area contributed by atoms with E-state index in [1.807, 2.05) is 44.2 Å². The van der Waals surface area contributed by atoms with Crippen LogP contribution in [-0.2, 0) is 6.42 Å². The molecule has 0 amide bonds. The van der Waals surface area contributed by atoms with Gasteiger partial charge in [-0.15, -0.1) is 13.2 Å². The normalized spacial score (nSPS) is 14.1. The molecule has 2 N–H and O–H groups in total. The van der Waals surface area contributed by atoms with E-state index in [-0.39, 0.29) is 5.75 Å². The number of thiocarbonyl (C=S) groups is 1. The van der Waals surface area contributed by atoms with Crippen molar-refractivity contribution in [1.82, 2.24) is 5.43 Å². The van der Waals surface area contributed by atoms with Crippen LogP contribution in [-0.4, -0.2) is 23.4 Å². The molecule has 0 atom stereocenters. The molecule has 4 rings (SSSR count). The zero-order valence-corrected chi connectivity index (χ0v) is 20.3. The van der Waals surface area contributed by atoms with Gasteiger partial charge in [-0.3, -0.25) is 5.43 Å². The van der Waals surface area contributed by atoms with Crippen molar-refractivity contribution in [2.45, 2.75) is 33.1 Å². The number of rotatable bonds is 6. The molecule has 0 saturated heterocycles. The second-order valence-corrected chi connectivity index (χ2v) is 8.56. The van der Waals surface area contributed by atoms with Crippen LogP contribution >= 0.6 is 12.2 Å². The van der Waals surface area contributed by atoms with Crippen molar-refractivity contribution in [1.29, 1.82) is 0 Å². The van der Waals surface area contributed by atoms with Crippen molar-refractivity contribution in [2.24, 2.45) is 10.3 Å². The number of para-hydroxylation sites is 1. The molecule has 0 radical (unpaired) electrons. The maximum absolute atomic E-state index is 12.4. The second kappa shape index (κ2) is 10.8. The molecule has 0 bridgehead atoms. The molecule has 0 fully saturated rings. The molecule has 0 saturated carbocycles. The number of alkyl halides is 3. The monoisotopic (exact) mass is 512 g/mol. The van der Waals surface area contributed by atoms with E-state index in [1.54, 1.807) is 24.4 Å². The summed E-state index contributed by atoms with van der Waals surface area (Å²) in [6.45, 7) is 4.01. The summed E-state index contributed by atoms with van der Waals surface area (Å²) >= 11 is 5.31. The summed E-state index contributed by atoms with van der Waals surface area (Å²) in [5.74, 6) is 0.280. The maximum atomic E-state index is 12.4. The predicted molar refractivity (Wildman–Crippen MR) is 138 cm³/mol. The van der Waals surface area contributed by atoms with Gasteiger partial charge in [0.05, 0.1) is 11.9 Å². The molecule has 0 aliphatic heterocycles. The Kier molecular flexibility index (Phi) is 7.54. The maximum Gasteiger partial charge on any atom is 0.573 e. The fraction of sp³-hybridized carbons (Fsp3) is 0.192. The third-order valence-electron chi connectivity index (χ3n) is 5.49. The van der Waals surface area contributed by atoms with Crippen molar-refractivity contribution < 1.29 is 22.7 Å². The van der Waals surface area contributed by atoms with Gasteiger partial charge in [-0.1, -0.05) is 23.4 Å². The molecule has 10 heteroatoms. The third kappa shape index (κ3) is 6.60. The van der Waals surface area contributed by atoms with E-state index in [0.717, 1.165) is 33.5 Å². The quantitative estimate of drug-likeness (QED) is 0.232. The summed E-state index contributed by atoms with van der Waals surface area (Å²) in [5, 5.41) is 11.9. The Bertz CT molecular complexity index is 1300. The van der Waals surface area contributed by atoms with Gasteiger partial charge in [-0.2, -0.15) is 5.10 Å². The number of hydrazone groups is 1. The van der Waals surface area contributed by atoms with E-state index >= 15 is 0 Å². The summed E-state index contributed by atoms with van der Waals surface area (Å²) in [7, 11) is 0. The van der Waals surface area contributed by atoms with Gasteiger partial charge in [0.25, 0.3) is 0 Å². The summed E-state index contributed by atoms with van der Waals surface area (Å²) in [5.41, 5.74) is 8.91. The fourth-order valence-electron chi connectivity index (χ4n) is 3.78. The number of hydrogen-bond donors (Lipinski definition) is 2. The van der Waals surface area contributed by atoms with Crippen molar-refractivity contribution in [2.75, 3.05) is 5.32 Å². The zero-order chi connectivity index (χ0) is 25.7. The Balaban J connectivity index is 1.31. The van der Waals surface area contributed by atoms with Gasteiger partial charge in [0.2, 0.25) is 0 Å². The minimum atomic E-state index is -4.72. The molecule has 3 aromatic rings. The highest BCUT2D eigenvalue weighted by Gasteiger charge is 2.31. The Morgan fingerprint density at radius 2 is 1.67 bits per heavy atom. The standard InChI is InChI=1S/C26H23F3N4O2S/c1-16-4-3-5-17(2)24(16)31-25(36)32-30-15-18-6-9-20(10-7-18)35-33-23-13-8-19-14-21(11-12-22(19)23)34-26(27,28)29/h3-7,9-12,14-15H,8,13H2,1-2H3,(H2,31,32,36). The van der Waals surface area contributed by atoms with Crippen LogP contribution in [0, 0.1) is 13.8 Å². The number of ether oxygens (including phenoxy) is 1. The lowest BCUT2D eigenvalue weighted by Gasteiger charge is -2.12. The van der Waals surface area contributed by atoms with Crippen LogP contribution < -0.4 is 20.3 Å². The number of anilines is 1. The van der Waals surface area contributed by atoms with Gasteiger partial charge < -0.3 is 14.9 Å². The van der Waals surface area contributed by atoms with Crippen molar-refractivity contribution in [3.05, 3.63) is 88.5 Å². The van der Waals surface area contributed by atoms with E-state index in [1.165, 1.54) is 12.1 Å². The molecule has 1 aliphatic carbocycles.